The Bertz CT molecular complexity index is 667. The minimum absolute atomic E-state index is 0.0135. The lowest BCUT2D eigenvalue weighted by Gasteiger charge is -2.35. The molecule has 7 heteroatoms. The predicted octanol–water partition coefficient (Wildman–Crippen LogP) is 3.08. The van der Waals surface area contributed by atoms with E-state index in [1.54, 1.807) is 24.0 Å². The number of carbonyl (C=O) groups is 2. The second-order valence-corrected chi connectivity index (χ2v) is 8.00. The molecule has 1 aliphatic rings. The van der Waals surface area contributed by atoms with Crippen LogP contribution in [0.2, 0.25) is 0 Å². The summed E-state index contributed by atoms with van der Waals surface area (Å²) in [6.45, 7) is 8.10. The molecule has 1 fully saturated rings. The van der Waals surface area contributed by atoms with Gasteiger partial charge in [-0.3, -0.25) is 4.79 Å². The summed E-state index contributed by atoms with van der Waals surface area (Å²) in [5.41, 5.74) is 0.153. The van der Waals surface area contributed by atoms with Gasteiger partial charge in [0.25, 0.3) is 5.91 Å². The van der Waals surface area contributed by atoms with Gasteiger partial charge in [0.05, 0.1) is 12.7 Å². The van der Waals surface area contributed by atoms with Crippen molar-refractivity contribution in [3.05, 3.63) is 35.6 Å². The summed E-state index contributed by atoms with van der Waals surface area (Å²) >= 11 is 0. The van der Waals surface area contributed by atoms with Gasteiger partial charge >= 0.3 is 5.97 Å². The average molecular weight is 395 g/mol. The number of hydrogen-bond donors (Lipinski definition) is 0. The minimum Gasteiger partial charge on any atom is -0.454 e. The fraction of sp³-hybridized carbons (Fsp3) is 0.619. The number of hydrogen-bond acceptors (Lipinski definition) is 5. The van der Waals surface area contributed by atoms with E-state index in [1.807, 2.05) is 20.8 Å². The summed E-state index contributed by atoms with van der Waals surface area (Å²) < 4.78 is 29.5. The van der Waals surface area contributed by atoms with Crippen LogP contribution in [-0.4, -0.2) is 54.3 Å². The molecule has 0 radical (unpaired) electrons. The predicted molar refractivity (Wildman–Crippen MR) is 102 cm³/mol. The number of rotatable bonds is 8. The minimum atomic E-state index is -0.775. The zero-order valence-electron chi connectivity index (χ0n) is 17.1. The van der Waals surface area contributed by atoms with Crippen LogP contribution < -0.4 is 0 Å². The molecular weight excluding hydrogens is 365 g/mol. The number of carbonyl (C=O) groups excluding carboxylic acids is 2. The van der Waals surface area contributed by atoms with Crippen molar-refractivity contribution in [2.75, 3.05) is 19.8 Å². The second-order valence-electron chi connectivity index (χ2n) is 8.00. The number of benzene rings is 1. The average Bonchev–Trinajstić information content (AvgIpc) is 3.14. The van der Waals surface area contributed by atoms with Crippen molar-refractivity contribution in [3.8, 4) is 0 Å². The maximum atomic E-state index is 13.4. The van der Waals surface area contributed by atoms with Crippen molar-refractivity contribution < 1.29 is 28.2 Å². The van der Waals surface area contributed by atoms with Gasteiger partial charge in [0.1, 0.15) is 5.82 Å². The molecule has 28 heavy (non-hydrogen) atoms. The van der Waals surface area contributed by atoms with Gasteiger partial charge in [-0.15, -0.1) is 0 Å². The van der Waals surface area contributed by atoms with Gasteiger partial charge in [-0.25, -0.2) is 9.18 Å². The molecule has 0 bridgehead atoms. The lowest BCUT2D eigenvalue weighted by atomic mass is 10.0. The van der Waals surface area contributed by atoms with Gasteiger partial charge in [0, 0.05) is 18.7 Å². The van der Waals surface area contributed by atoms with E-state index in [0.29, 0.717) is 12.2 Å². The van der Waals surface area contributed by atoms with Crippen molar-refractivity contribution >= 4 is 11.9 Å². The van der Waals surface area contributed by atoms with Gasteiger partial charge in [-0.1, -0.05) is 12.1 Å². The van der Waals surface area contributed by atoms with Crippen LogP contribution in [0.15, 0.2) is 24.3 Å². The highest BCUT2D eigenvalue weighted by Crippen LogP contribution is 2.19. The van der Waals surface area contributed by atoms with Crippen LogP contribution in [0, 0.1) is 5.82 Å². The van der Waals surface area contributed by atoms with Gasteiger partial charge in [0.15, 0.2) is 12.7 Å². The van der Waals surface area contributed by atoms with E-state index in [4.69, 9.17) is 14.2 Å². The molecule has 0 N–H and O–H groups in total. The molecule has 156 valence electrons. The van der Waals surface area contributed by atoms with E-state index in [2.05, 4.69) is 0 Å². The fourth-order valence-corrected chi connectivity index (χ4v) is 2.94. The molecule has 1 aromatic rings. The third-order valence-corrected chi connectivity index (χ3v) is 4.57. The molecular formula is C21H30FNO5. The molecule has 1 aliphatic heterocycles. The van der Waals surface area contributed by atoms with Crippen molar-refractivity contribution in [2.45, 2.75) is 64.8 Å². The Morgan fingerprint density at radius 1 is 1.36 bits per heavy atom. The molecule has 6 nitrogen and oxygen atoms in total. The summed E-state index contributed by atoms with van der Waals surface area (Å²) in [7, 11) is 0. The smallest absolute Gasteiger partial charge is 0.335 e. The van der Waals surface area contributed by atoms with Gasteiger partial charge in [-0.2, -0.15) is 0 Å². The van der Waals surface area contributed by atoms with Gasteiger partial charge < -0.3 is 19.1 Å². The van der Waals surface area contributed by atoms with Crippen LogP contribution in [0.4, 0.5) is 4.39 Å². The molecule has 1 saturated heterocycles. The third-order valence-electron chi connectivity index (χ3n) is 4.57. The topological polar surface area (TPSA) is 65.1 Å². The number of halogens is 1. The highest BCUT2D eigenvalue weighted by atomic mass is 19.1. The van der Waals surface area contributed by atoms with E-state index in [9.17, 15) is 14.0 Å². The highest BCUT2D eigenvalue weighted by molar-refractivity contribution is 5.82. The molecule has 1 heterocycles. The summed E-state index contributed by atoms with van der Waals surface area (Å²) in [5, 5.41) is 0. The van der Waals surface area contributed by atoms with E-state index in [0.717, 1.165) is 19.4 Å². The molecule has 0 aromatic heterocycles. The maximum Gasteiger partial charge on any atom is 0.335 e. The SMILES string of the molecule is CC(OCC1CCCO1)C(=O)OCC(=O)N(Cc1cccc(F)c1)C(C)(C)C. The second kappa shape index (κ2) is 9.98. The first-order chi connectivity index (χ1) is 13.2. The van der Waals surface area contributed by atoms with Crippen molar-refractivity contribution in [1.82, 2.24) is 4.90 Å². The quantitative estimate of drug-likeness (QED) is 0.633. The number of amides is 1. The normalized spacial score (nSPS) is 18.0. The van der Waals surface area contributed by atoms with E-state index in [1.165, 1.54) is 12.1 Å². The largest absolute Gasteiger partial charge is 0.454 e. The molecule has 2 atom stereocenters. The summed E-state index contributed by atoms with van der Waals surface area (Å²) in [5.74, 6) is -1.30. The van der Waals surface area contributed by atoms with Gasteiger partial charge in [-0.05, 0) is 58.2 Å². The molecule has 1 amide bonds. The Morgan fingerprint density at radius 2 is 2.11 bits per heavy atom. The lowest BCUT2D eigenvalue weighted by Crippen LogP contribution is -2.47. The first-order valence-corrected chi connectivity index (χ1v) is 9.61. The van der Waals surface area contributed by atoms with Crippen LogP contribution in [0.1, 0.15) is 46.1 Å². The van der Waals surface area contributed by atoms with Crippen LogP contribution in [0.3, 0.4) is 0 Å². The zero-order valence-corrected chi connectivity index (χ0v) is 17.1. The number of nitrogens with zero attached hydrogens (tertiary/aromatic N) is 1. The molecule has 0 saturated carbocycles. The number of ether oxygens (including phenoxy) is 3. The Kier molecular flexibility index (Phi) is 7.95. The Hall–Kier alpha value is -1.99. The Morgan fingerprint density at radius 3 is 2.71 bits per heavy atom. The summed E-state index contributed by atoms with van der Waals surface area (Å²) in [6.07, 6.45) is 1.15. The molecule has 0 aliphatic carbocycles. The first kappa shape index (κ1) is 22.3. The van der Waals surface area contributed by atoms with Crippen LogP contribution in [-0.2, 0) is 30.3 Å². The van der Waals surface area contributed by atoms with E-state index in [-0.39, 0.29) is 31.0 Å². The standard InChI is InChI=1S/C21H30FNO5/c1-15(27-13-18-9-6-10-26-18)20(25)28-14-19(24)23(21(2,3)4)12-16-7-5-8-17(22)11-16/h5,7-8,11,15,18H,6,9-10,12-14H2,1-4H3. The van der Waals surface area contributed by atoms with Gasteiger partial charge in [0.2, 0.25) is 0 Å². The molecule has 1 aromatic carbocycles. The lowest BCUT2D eigenvalue weighted by molar-refractivity contribution is -0.164. The fourth-order valence-electron chi connectivity index (χ4n) is 2.94. The molecule has 2 unspecified atom stereocenters. The molecule has 0 spiro atoms. The number of esters is 1. The molecule has 2 rings (SSSR count). The van der Waals surface area contributed by atoms with Crippen LogP contribution in [0.5, 0.6) is 0 Å². The third kappa shape index (κ3) is 6.87. The highest BCUT2D eigenvalue weighted by Gasteiger charge is 2.28. The van der Waals surface area contributed by atoms with Crippen LogP contribution >= 0.6 is 0 Å². The Labute approximate surface area is 165 Å². The van der Waals surface area contributed by atoms with Crippen molar-refractivity contribution in [3.63, 3.8) is 0 Å². The summed E-state index contributed by atoms with van der Waals surface area (Å²) in [6, 6.07) is 6.09. The van der Waals surface area contributed by atoms with Crippen molar-refractivity contribution in [1.29, 1.82) is 0 Å². The van der Waals surface area contributed by atoms with Crippen LogP contribution in [0.25, 0.3) is 0 Å². The van der Waals surface area contributed by atoms with E-state index < -0.39 is 17.6 Å². The summed E-state index contributed by atoms with van der Waals surface area (Å²) in [4.78, 5) is 26.3. The first-order valence-electron chi connectivity index (χ1n) is 9.61. The Balaban J connectivity index is 1.87. The monoisotopic (exact) mass is 395 g/mol. The van der Waals surface area contributed by atoms with Crippen molar-refractivity contribution in [2.24, 2.45) is 0 Å². The van der Waals surface area contributed by atoms with E-state index >= 15 is 0 Å². The maximum absolute atomic E-state index is 13.4. The zero-order chi connectivity index (χ0) is 20.7.